The van der Waals surface area contributed by atoms with Gasteiger partial charge < -0.3 is 14.9 Å². The third-order valence-electron chi connectivity index (χ3n) is 3.12. The normalized spacial score (nSPS) is 18.2. The average Bonchev–Trinajstić information content (AvgIpc) is 2.94. The molecule has 2 N–H and O–H groups in total. The van der Waals surface area contributed by atoms with Crippen molar-refractivity contribution in [3.63, 3.8) is 0 Å². The fourth-order valence-electron chi connectivity index (χ4n) is 2.30. The lowest BCUT2D eigenvalue weighted by Crippen LogP contribution is -2.19. The van der Waals surface area contributed by atoms with Gasteiger partial charge in [0.25, 0.3) is 0 Å². The highest BCUT2D eigenvalue weighted by atomic mass is 16.5. The minimum absolute atomic E-state index is 0.309. The highest BCUT2D eigenvalue weighted by molar-refractivity contribution is 5.39. The Kier molecular flexibility index (Phi) is 2.53. The molecule has 1 aliphatic rings. The van der Waals surface area contributed by atoms with Gasteiger partial charge in [-0.15, -0.1) is 0 Å². The van der Waals surface area contributed by atoms with E-state index in [1.807, 2.05) is 12.1 Å². The van der Waals surface area contributed by atoms with Crippen LogP contribution in [-0.4, -0.2) is 15.2 Å². The summed E-state index contributed by atoms with van der Waals surface area (Å²) in [4.78, 5) is 3.97. The Morgan fingerprint density at radius 3 is 3.24 bits per heavy atom. The molecule has 0 bridgehead atoms. The Balaban J connectivity index is 1.71. The van der Waals surface area contributed by atoms with Crippen LogP contribution < -0.4 is 5.32 Å². The third-order valence-corrected chi connectivity index (χ3v) is 3.12. The second kappa shape index (κ2) is 4.18. The topological polar surface area (TPSA) is 71.2 Å². The lowest BCUT2D eigenvalue weighted by Gasteiger charge is -2.12. The average molecular weight is 231 g/mol. The number of fused-ring (bicyclic) bond motifs is 1. The molecule has 2 aromatic rings. The van der Waals surface area contributed by atoms with E-state index in [1.165, 1.54) is 17.5 Å². The molecule has 0 aliphatic heterocycles. The van der Waals surface area contributed by atoms with Crippen molar-refractivity contribution in [2.24, 2.45) is 0 Å². The molecule has 0 radical (unpaired) electrons. The van der Waals surface area contributed by atoms with Crippen molar-refractivity contribution in [2.75, 3.05) is 0 Å². The van der Waals surface area contributed by atoms with Gasteiger partial charge in [-0.1, -0.05) is 11.2 Å². The number of phenols is 1. The zero-order valence-electron chi connectivity index (χ0n) is 9.26. The Labute approximate surface area is 98.5 Å². The van der Waals surface area contributed by atoms with E-state index in [2.05, 4.69) is 20.0 Å². The third kappa shape index (κ3) is 2.01. The first-order valence-corrected chi connectivity index (χ1v) is 5.63. The quantitative estimate of drug-likeness (QED) is 0.838. The molecular formula is C12H13N3O2. The molecule has 0 fully saturated rings. The summed E-state index contributed by atoms with van der Waals surface area (Å²) in [6, 6.07) is 5.86. The van der Waals surface area contributed by atoms with Crippen molar-refractivity contribution < 1.29 is 9.63 Å². The molecule has 17 heavy (non-hydrogen) atoms. The van der Waals surface area contributed by atoms with E-state index < -0.39 is 0 Å². The van der Waals surface area contributed by atoms with E-state index in [-0.39, 0.29) is 0 Å². The van der Waals surface area contributed by atoms with Gasteiger partial charge in [-0.25, -0.2) is 0 Å². The summed E-state index contributed by atoms with van der Waals surface area (Å²) < 4.78 is 4.68. The second-order valence-electron chi connectivity index (χ2n) is 4.20. The largest absolute Gasteiger partial charge is 0.508 e. The zero-order valence-corrected chi connectivity index (χ0v) is 9.26. The first-order chi connectivity index (χ1) is 8.33. The van der Waals surface area contributed by atoms with Crippen LogP contribution >= 0.6 is 0 Å². The van der Waals surface area contributed by atoms with Gasteiger partial charge in [-0.05, 0) is 36.1 Å². The van der Waals surface area contributed by atoms with Crippen LogP contribution in [0.25, 0.3) is 0 Å². The van der Waals surface area contributed by atoms with Crippen LogP contribution in [0.1, 0.15) is 29.4 Å². The number of rotatable bonds is 3. The van der Waals surface area contributed by atoms with Crippen LogP contribution in [0.3, 0.4) is 0 Å². The van der Waals surface area contributed by atoms with E-state index in [9.17, 15) is 5.11 Å². The summed E-state index contributed by atoms with van der Waals surface area (Å²) in [6.07, 6.45) is 3.36. The molecule has 1 atom stereocenters. The minimum Gasteiger partial charge on any atom is -0.508 e. The van der Waals surface area contributed by atoms with Gasteiger partial charge in [0.05, 0.1) is 6.54 Å². The summed E-state index contributed by atoms with van der Waals surface area (Å²) in [6.45, 7) is 0.599. The highest BCUT2D eigenvalue weighted by Gasteiger charge is 2.22. The number of benzene rings is 1. The summed E-state index contributed by atoms with van der Waals surface area (Å²) in [5, 5.41) is 16.6. The Morgan fingerprint density at radius 1 is 1.47 bits per heavy atom. The summed E-state index contributed by atoms with van der Waals surface area (Å²) in [5.74, 6) is 1.000. The van der Waals surface area contributed by atoms with E-state index in [4.69, 9.17) is 0 Å². The monoisotopic (exact) mass is 231 g/mol. The van der Waals surface area contributed by atoms with Crippen molar-refractivity contribution in [3.8, 4) is 5.75 Å². The first kappa shape index (κ1) is 10.3. The Bertz CT molecular complexity index is 510. The molecule has 1 aromatic carbocycles. The van der Waals surface area contributed by atoms with Crippen LogP contribution in [-0.2, 0) is 13.0 Å². The first-order valence-electron chi connectivity index (χ1n) is 5.63. The molecule has 0 amide bonds. The number of aromatic hydroxyl groups is 1. The van der Waals surface area contributed by atoms with Gasteiger partial charge in [0, 0.05) is 6.04 Å². The van der Waals surface area contributed by atoms with Gasteiger partial charge in [-0.3, -0.25) is 0 Å². The second-order valence-corrected chi connectivity index (χ2v) is 4.20. The van der Waals surface area contributed by atoms with Crippen LogP contribution in [0, 0.1) is 0 Å². The minimum atomic E-state index is 0.309. The van der Waals surface area contributed by atoms with Gasteiger partial charge in [0.1, 0.15) is 5.75 Å². The van der Waals surface area contributed by atoms with Crippen molar-refractivity contribution >= 4 is 0 Å². The maximum absolute atomic E-state index is 9.41. The molecule has 3 rings (SSSR count). The maximum atomic E-state index is 9.41. The van der Waals surface area contributed by atoms with Crippen molar-refractivity contribution in [2.45, 2.75) is 25.4 Å². The summed E-state index contributed by atoms with van der Waals surface area (Å²) in [7, 11) is 0. The number of hydrogen-bond donors (Lipinski definition) is 2. The number of aryl methyl sites for hydroxylation is 1. The fourth-order valence-corrected chi connectivity index (χ4v) is 2.30. The predicted octanol–water partition coefficient (Wildman–Crippen LogP) is 1.55. The van der Waals surface area contributed by atoms with Crippen LogP contribution in [0.2, 0.25) is 0 Å². The standard InChI is InChI=1S/C12H13N3O2/c16-9-2-3-10-8(5-9)1-4-11(10)13-6-12-14-7-17-15-12/h2-3,5,7,11,13,16H,1,4,6H2. The van der Waals surface area contributed by atoms with Gasteiger partial charge in [0.15, 0.2) is 5.82 Å². The van der Waals surface area contributed by atoms with Gasteiger partial charge >= 0.3 is 0 Å². The van der Waals surface area contributed by atoms with E-state index in [0.29, 0.717) is 24.2 Å². The fraction of sp³-hybridized carbons (Fsp3) is 0.333. The molecule has 0 saturated carbocycles. The van der Waals surface area contributed by atoms with E-state index in [0.717, 1.165) is 12.8 Å². The molecule has 0 spiro atoms. The molecule has 88 valence electrons. The molecule has 0 saturated heterocycles. The van der Waals surface area contributed by atoms with Gasteiger partial charge in [0.2, 0.25) is 6.39 Å². The predicted molar refractivity (Wildman–Crippen MR) is 60.3 cm³/mol. The van der Waals surface area contributed by atoms with E-state index >= 15 is 0 Å². The maximum Gasteiger partial charge on any atom is 0.213 e. The number of nitrogens with one attached hydrogen (secondary N) is 1. The Morgan fingerprint density at radius 2 is 2.41 bits per heavy atom. The van der Waals surface area contributed by atoms with Gasteiger partial charge in [-0.2, -0.15) is 4.98 Å². The van der Waals surface area contributed by atoms with Crippen LogP contribution in [0.15, 0.2) is 29.1 Å². The van der Waals surface area contributed by atoms with Crippen LogP contribution in [0.4, 0.5) is 0 Å². The smallest absolute Gasteiger partial charge is 0.213 e. The zero-order chi connectivity index (χ0) is 11.7. The molecule has 1 aromatic heterocycles. The number of phenolic OH excluding ortho intramolecular Hbond substituents is 1. The Hall–Kier alpha value is -1.88. The molecule has 1 unspecified atom stereocenters. The number of aromatic nitrogens is 2. The van der Waals surface area contributed by atoms with E-state index in [1.54, 1.807) is 6.07 Å². The highest BCUT2D eigenvalue weighted by Crippen LogP contribution is 2.33. The number of hydrogen-bond acceptors (Lipinski definition) is 5. The lowest BCUT2D eigenvalue weighted by atomic mass is 10.1. The molecule has 5 heteroatoms. The van der Waals surface area contributed by atoms with Crippen LogP contribution in [0.5, 0.6) is 5.75 Å². The SMILES string of the molecule is Oc1ccc2c(c1)CCC2NCc1ncon1. The molecule has 1 aliphatic carbocycles. The summed E-state index contributed by atoms with van der Waals surface area (Å²) >= 11 is 0. The lowest BCUT2D eigenvalue weighted by molar-refractivity contribution is 0.403. The molecule has 1 heterocycles. The molecular weight excluding hydrogens is 218 g/mol. The number of nitrogens with zero attached hydrogens (tertiary/aromatic N) is 2. The molecule has 5 nitrogen and oxygen atoms in total. The van der Waals surface area contributed by atoms with Crippen molar-refractivity contribution in [3.05, 3.63) is 41.5 Å². The van der Waals surface area contributed by atoms with Crippen molar-refractivity contribution in [1.82, 2.24) is 15.5 Å². The summed E-state index contributed by atoms with van der Waals surface area (Å²) in [5.41, 5.74) is 2.47. The van der Waals surface area contributed by atoms with Crippen molar-refractivity contribution in [1.29, 1.82) is 0 Å².